The van der Waals surface area contributed by atoms with Crippen molar-refractivity contribution in [3.63, 3.8) is 0 Å². The molecule has 128 valence electrons. The Morgan fingerprint density at radius 2 is 2.12 bits per heavy atom. The molecule has 1 aliphatic heterocycles. The van der Waals surface area contributed by atoms with Crippen LogP contribution in [0, 0.1) is 0 Å². The fourth-order valence-electron chi connectivity index (χ4n) is 3.00. The number of nitrogens with zero attached hydrogens (tertiary/aromatic N) is 3. The lowest BCUT2D eigenvalue weighted by atomic mass is 10.1. The monoisotopic (exact) mass is 328 g/mol. The molecule has 0 spiro atoms. The van der Waals surface area contributed by atoms with Crippen molar-refractivity contribution >= 4 is 5.91 Å². The Bertz CT molecular complexity index is 651. The highest BCUT2D eigenvalue weighted by Crippen LogP contribution is 2.14. The highest BCUT2D eigenvalue weighted by Gasteiger charge is 2.19. The molecule has 0 saturated carbocycles. The summed E-state index contributed by atoms with van der Waals surface area (Å²) < 4.78 is 7.32. The van der Waals surface area contributed by atoms with Crippen molar-refractivity contribution in [2.75, 3.05) is 26.3 Å². The Morgan fingerprint density at radius 1 is 1.33 bits per heavy atom. The van der Waals surface area contributed by atoms with E-state index < -0.39 is 0 Å². The number of amides is 1. The normalized spacial score (nSPS) is 16.7. The van der Waals surface area contributed by atoms with E-state index in [4.69, 9.17) is 4.74 Å². The number of carbonyl (C=O) groups excluding carboxylic acids is 1. The van der Waals surface area contributed by atoms with Crippen LogP contribution in [0.15, 0.2) is 43.0 Å². The first-order chi connectivity index (χ1) is 11.7. The first-order valence-electron chi connectivity index (χ1n) is 8.39. The Hall–Kier alpha value is -2.18. The molecule has 6 nitrogen and oxygen atoms in total. The van der Waals surface area contributed by atoms with Crippen molar-refractivity contribution in [2.45, 2.75) is 25.9 Å². The van der Waals surface area contributed by atoms with Gasteiger partial charge in [-0.05, 0) is 18.6 Å². The number of carbonyl (C=O) groups is 1. The van der Waals surface area contributed by atoms with Crippen molar-refractivity contribution < 1.29 is 9.53 Å². The van der Waals surface area contributed by atoms with Crippen LogP contribution in [-0.2, 0) is 16.1 Å². The molecule has 1 saturated heterocycles. The topological polar surface area (TPSA) is 59.4 Å². The van der Waals surface area contributed by atoms with Crippen LogP contribution in [0.25, 0.3) is 5.69 Å². The van der Waals surface area contributed by atoms with Crippen LogP contribution in [-0.4, -0.2) is 52.7 Å². The molecule has 0 unspecified atom stereocenters. The lowest BCUT2D eigenvalue weighted by Gasteiger charge is -2.31. The van der Waals surface area contributed by atoms with Gasteiger partial charge in [0.1, 0.15) is 0 Å². The number of aromatic nitrogens is 2. The van der Waals surface area contributed by atoms with E-state index in [0.29, 0.717) is 13.0 Å². The summed E-state index contributed by atoms with van der Waals surface area (Å²) in [6, 6.07) is 8.26. The molecule has 2 aromatic rings. The third-order valence-corrected chi connectivity index (χ3v) is 4.40. The van der Waals surface area contributed by atoms with Gasteiger partial charge in [0.2, 0.25) is 5.91 Å². The summed E-state index contributed by atoms with van der Waals surface area (Å²) in [6.07, 6.45) is 5.93. The average Bonchev–Trinajstić information content (AvgIpc) is 3.15. The molecular formula is C18H24N4O2. The summed E-state index contributed by atoms with van der Waals surface area (Å²) in [4.78, 5) is 18.7. The lowest BCUT2D eigenvalue weighted by Crippen LogP contribution is -2.44. The Morgan fingerprint density at radius 3 is 2.88 bits per heavy atom. The third kappa shape index (κ3) is 4.21. The summed E-state index contributed by atoms with van der Waals surface area (Å²) in [5, 5.41) is 3.04. The number of para-hydroxylation sites is 1. The summed E-state index contributed by atoms with van der Waals surface area (Å²) in [5.74, 6) is 0.0782. The quantitative estimate of drug-likeness (QED) is 0.875. The zero-order valence-electron chi connectivity index (χ0n) is 14.0. The highest BCUT2D eigenvalue weighted by atomic mass is 16.5. The van der Waals surface area contributed by atoms with Gasteiger partial charge in [-0.1, -0.05) is 18.2 Å². The number of benzene rings is 1. The lowest BCUT2D eigenvalue weighted by molar-refractivity contribution is -0.122. The van der Waals surface area contributed by atoms with Crippen molar-refractivity contribution in [2.24, 2.45) is 0 Å². The van der Waals surface area contributed by atoms with E-state index in [-0.39, 0.29) is 11.9 Å². The van der Waals surface area contributed by atoms with Gasteiger partial charge in [0.25, 0.3) is 0 Å². The maximum absolute atomic E-state index is 12.3. The van der Waals surface area contributed by atoms with Crippen LogP contribution in [0.1, 0.15) is 18.9 Å². The molecule has 1 N–H and O–H groups in total. The minimum atomic E-state index is 0.0782. The number of hydrogen-bond acceptors (Lipinski definition) is 4. The largest absolute Gasteiger partial charge is 0.379 e. The van der Waals surface area contributed by atoms with Crippen molar-refractivity contribution in [3.05, 3.63) is 48.5 Å². The van der Waals surface area contributed by atoms with Crippen LogP contribution in [0.3, 0.4) is 0 Å². The van der Waals surface area contributed by atoms with Crippen molar-refractivity contribution in [3.8, 4) is 5.69 Å². The second-order valence-electron chi connectivity index (χ2n) is 6.08. The molecule has 1 fully saturated rings. The second-order valence-corrected chi connectivity index (χ2v) is 6.08. The number of nitrogens with one attached hydrogen (secondary N) is 1. The molecular weight excluding hydrogens is 304 g/mol. The zero-order chi connectivity index (χ0) is 16.8. The van der Waals surface area contributed by atoms with Crippen LogP contribution in [0.2, 0.25) is 0 Å². The van der Waals surface area contributed by atoms with Gasteiger partial charge in [-0.25, -0.2) is 4.98 Å². The average molecular weight is 328 g/mol. The van der Waals surface area contributed by atoms with Gasteiger partial charge >= 0.3 is 0 Å². The SMILES string of the molecule is C[C@H](CC(=O)NCc1ccccc1-n1ccnc1)N1CCOCC1. The molecule has 0 radical (unpaired) electrons. The number of rotatable bonds is 6. The molecule has 24 heavy (non-hydrogen) atoms. The van der Waals surface area contributed by atoms with E-state index in [0.717, 1.165) is 37.6 Å². The van der Waals surface area contributed by atoms with Crippen LogP contribution in [0.4, 0.5) is 0 Å². The molecule has 0 bridgehead atoms. The van der Waals surface area contributed by atoms with E-state index in [1.54, 1.807) is 12.5 Å². The Balaban J connectivity index is 1.55. The third-order valence-electron chi connectivity index (χ3n) is 4.40. The number of morpholine rings is 1. The van der Waals surface area contributed by atoms with E-state index in [1.165, 1.54) is 0 Å². The van der Waals surface area contributed by atoms with Gasteiger partial charge < -0.3 is 14.6 Å². The van der Waals surface area contributed by atoms with Crippen LogP contribution < -0.4 is 5.32 Å². The number of imidazole rings is 1. The zero-order valence-corrected chi connectivity index (χ0v) is 14.0. The first kappa shape index (κ1) is 16.7. The Labute approximate surface area is 142 Å². The molecule has 6 heteroatoms. The maximum Gasteiger partial charge on any atom is 0.221 e. The number of hydrogen-bond donors (Lipinski definition) is 1. The maximum atomic E-state index is 12.3. The van der Waals surface area contributed by atoms with E-state index in [2.05, 4.69) is 22.1 Å². The van der Waals surface area contributed by atoms with Gasteiger partial charge in [0.05, 0.1) is 25.2 Å². The number of ether oxygens (including phenoxy) is 1. The second kappa shape index (κ2) is 8.08. The fourth-order valence-corrected chi connectivity index (χ4v) is 3.00. The van der Waals surface area contributed by atoms with Crippen molar-refractivity contribution in [1.29, 1.82) is 0 Å². The smallest absolute Gasteiger partial charge is 0.221 e. The van der Waals surface area contributed by atoms with Crippen molar-refractivity contribution in [1.82, 2.24) is 19.8 Å². The van der Waals surface area contributed by atoms with Gasteiger partial charge in [-0.15, -0.1) is 0 Å². The summed E-state index contributed by atoms with van der Waals surface area (Å²) in [7, 11) is 0. The molecule has 1 aromatic heterocycles. The van der Waals surface area contributed by atoms with Crippen LogP contribution >= 0.6 is 0 Å². The molecule has 1 amide bonds. The van der Waals surface area contributed by atoms with E-state index >= 15 is 0 Å². The van der Waals surface area contributed by atoms with Gasteiger partial charge in [0.15, 0.2) is 0 Å². The van der Waals surface area contributed by atoms with E-state index in [1.807, 2.05) is 35.0 Å². The molecule has 1 atom stereocenters. The Kier molecular flexibility index (Phi) is 5.61. The van der Waals surface area contributed by atoms with Gasteiger partial charge in [-0.2, -0.15) is 0 Å². The summed E-state index contributed by atoms with van der Waals surface area (Å²) >= 11 is 0. The van der Waals surface area contributed by atoms with Gasteiger partial charge in [-0.3, -0.25) is 9.69 Å². The predicted molar refractivity (Wildman–Crippen MR) is 91.9 cm³/mol. The molecule has 1 aliphatic rings. The van der Waals surface area contributed by atoms with Crippen LogP contribution in [0.5, 0.6) is 0 Å². The first-order valence-corrected chi connectivity index (χ1v) is 8.39. The van der Waals surface area contributed by atoms with Gasteiger partial charge in [0, 0.05) is 44.5 Å². The van der Waals surface area contributed by atoms with E-state index in [9.17, 15) is 4.79 Å². The molecule has 1 aromatic carbocycles. The summed E-state index contributed by atoms with van der Waals surface area (Å²) in [6.45, 7) is 5.93. The molecule has 2 heterocycles. The molecule has 0 aliphatic carbocycles. The minimum absolute atomic E-state index is 0.0782. The standard InChI is InChI=1S/C18H24N4O2/c1-15(21-8-10-24-11-9-21)12-18(23)20-13-16-4-2-3-5-17(16)22-7-6-19-14-22/h2-7,14-15H,8-13H2,1H3,(H,20,23)/t15-/m1/s1. The summed E-state index contributed by atoms with van der Waals surface area (Å²) in [5.41, 5.74) is 2.11. The fraction of sp³-hybridized carbons (Fsp3) is 0.444. The minimum Gasteiger partial charge on any atom is -0.379 e. The predicted octanol–water partition coefficient (Wildman–Crippen LogP) is 1.60. The highest BCUT2D eigenvalue weighted by molar-refractivity contribution is 5.76. The molecule has 3 rings (SSSR count).